The number of benzene rings is 1. The molecular formula is C14H22FN3O2. The van der Waals surface area contributed by atoms with Crippen LogP contribution < -0.4 is 10.6 Å². The summed E-state index contributed by atoms with van der Waals surface area (Å²) in [6, 6.07) is 4.25. The predicted molar refractivity (Wildman–Crippen MR) is 77.4 cm³/mol. The lowest BCUT2D eigenvalue weighted by Gasteiger charge is -2.11. The second-order valence-corrected chi connectivity index (χ2v) is 4.10. The van der Waals surface area contributed by atoms with Gasteiger partial charge in [-0.05, 0) is 31.5 Å². The molecule has 0 bridgehead atoms. The number of aromatic hydroxyl groups is 1. The molecule has 0 atom stereocenters. The molecule has 1 aromatic carbocycles. The molecule has 0 aliphatic carbocycles. The van der Waals surface area contributed by atoms with Crippen molar-refractivity contribution in [1.29, 1.82) is 0 Å². The predicted octanol–water partition coefficient (Wildman–Crippen LogP) is 1.62. The summed E-state index contributed by atoms with van der Waals surface area (Å²) >= 11 is 0. The van der Waals surface area contributed by atoms with Gasteiger partial charge in [-0.25, -0.2) is 9.38 Å². The van der Waals surface area contributed by atoms with Crippen molar-refractivity contribution < 1.29 is 14.2 Å². The minimum Gasteiger partial charge on any atom is -0.505 e. The Morgan fingerprint density at radius 1 is 1.35 bits per heavy atom. The van der Waals surface area contributed by atoms with Crippen LogP contribution in [0.15, 0.2) is 23.2 Å². The molecule has 5 nitrogen and oxygen atoms in total. The highest BCUT2D eigenvalue weighted by atomic mass is 19.1. The third kappa shape index (κ3) is 5.88. The van der Waals surface area contributed by atoms with E-state index < -0.39 is 5.82 Å². The Bertz CT molecular complexity index is 438. The second-order valence-electron chi connectivity index (χ2n) is 4.10. The Morgan fingerprint density at radius 3 is 2.80 bits per heavy atom. The molecule has 0 heterocycles. The van der Waals surface area contributed by atoms with Crippen molar-refractivity contribution >= 4 is 5.96 Å². The Kier molecular flexibility index (Phi) is 7.42. The molecule has 0 aromatic heterocycles. The summed E-state index contributed by atoms with van der Waals surface area (Å²) in [6.45, 7) is 6.94. The van der Waals surface area contributed by atoms with Gasteiger partial charge in [0.2, 0.25) is 0 Å². The van der Waals surface area contributed by atoms with Gasteiger partial charge in [-0.2, -0.15) is 0 Å². The maximum Gasteiger partial charge on any atom is 0.191 e. The third-order valence-electron chi connectivity index (χ3n) is 2.52. The molecule has 0 aliphatic heterocycles. The van der Waals surface area contributed by atoms with E-state index in [9.17, 15) is 4.39 Å². The molecule has 1 aromatic rings. The monoisotopic (exact) mass is 283 g/mol. The summed E-state index contributed by atoms with van der Waals surface area (Å²) in [4.78, 5) is 4.34. The van der Waals surface area contributed by atoms with Gasteiger partial charge >= 0.3 is 0 Å². The van der Waals surface area contributed by atoms with Crippen LogP contribution in [0.4, 0.5) is 4.39 Å². The normalized spacial score (nSPS) is 11.4. The van der Waals surface area contributed by atoms with E-state index >= 15 is 0 Å². The lowest BCUT2D eigenvalue weighted by molar-refractivity contribution is 0.152. The lowest BCUT2D eigenvalue weighted by atomic mass is 10.2. The van der Waals surface area contributed by atoms with E-state index in [0.717, 1.165) is 6.54 Å². The molecule has 0 aliphatic rings. The van der Waals surface area contributed by atoms with E-state index in [0.29, 0.717) is 37.8 Å². The average molecular weight is 283 g/mol. The number of nitrogens with one attached hydrogen (secondary N) is 2. The summed E-state index contributed by atoms with van der Waals surface area (Å²) < 4.78 is 18.4. The molecule has 0 spiro atoms. The van der Waals surface area contributed by atoms with Crippen LogP contribution in [0.1, 0.15) is 19.4 Å². The lowest BCUT2D eigenvalue weighted by Crippen LogP contribution is -2.39. The number of phenols is 1. The van der Waals surface area contributed by atoms with E-state index in [1.165, 1.54) is 12.1 Å². The van der Waals surface area contributed by atoms with Crippen molar-refractivity contribution in [3.63, 3.8) is 0 Å². The number of hydrogen-bond donors (Lipinski definition) is 3. The number of ether oxygens (including phenoxy) is 1. The van der Waals surface area contributed by atoms with Crippen LogP contribution in [0.25, 0.3) is 0 Å². The average Bonchev–Trinajstić information content (AvgIpc) is 2.44. The third-order valence-corrected chi connectivity index (χ3v) is 2.52. The molecule has 0 fully saturated rings. The van der Waals surface area contributed by atoms with Gasteiger partial charge in [-0.15, -0.1) is 0 Å². The zero-order chi connectivity index (χ0) is 14.8. The molecule has 3 N–H and O–H groups in total. The fourth-order valence-electron chi connectivity index (χ4n) is 1.55. The number of rotatable bonds is 7. The van der Waals surface area contributed by atoms with Crippen molar-refractivity contribution in [3.05, 3.63) is 29.6 Å². The van der Waals surface area contributed by atoms with Crippen LogP contribution in [-0.4, -0.2) is 37.4 Å². The van der Waals surface area contributed by atoms with Crippen LogP contribution in [0.5, 0.6) is 5.75 Å². The zero-order valence-electron chi connectivity index (χ0n) is 11.9. The molecule has 6 heteroatoms. The minimum absolute atomic E-state index is 0.334. The molecule has 0 amide bonds. The fourth-order valence-corrected chi connectivity index (χ4v) is 1.55. The maximum atomic E-state index is 13.2. The van der Waals surface area contributed by atoms with Crippen LogP contribution in [0.2, 0.25) is 0 Å². The van der Waals surface area contributed by atoms with Crippen LogP contribution in [-0.2, 0) is 11.3 Å². The molecule has 0 saturated heterocycles. The summed E-state index contributed by atoms with van der Waals surface area (Å²) in [5.41, 5.74) is 0.697. The van der Waals surface area contributed by atoms with Crippen molar-refractivity contribution in [2.45, 2.75) is 20.4 Å². The summed E-state index contributed by atoms with van der Waals surface area (Å²) in [7, 11) is 0. The quantitative estimate of drug-likeness (QED) is 0.404. The number of nitrogens with zero attached hydrogens (tertiary/aromatic N) is 1. The summed E-state index contributed by atoms with van der Waals surface area (Å²) in [5, 5.41) is 15.3. The van der Waals surface area contributed by atoms with Gasteiger partial charge in [0.05, 0.1) is 13.2 Å². The van der Waals surface area contributed by atoms with E-state index in [-0.39, 0.29) is 5.75 Å². The Morgan fingerprint density at radius 2 is 2.15 bits per heavy atom. The Balaban J connectivity index is 2.54. The number of aliphatic imine (C=N–C) groups is 1. The largest absolute Gasteiger partial charge is 0.505 e. The van der Waals surface area contributed by atoms with Gasteiger partial charge in [-0.1, -0.05) is 6.07 Å². The SMILES string of the molecule is CCNC(=NCc1ccc(O)c(F)c1)NCCOCC. The second kappa shape index (κ2) is 9.14. The van der Waals surface area contributed by atoms with Gasteiger partial charge in [0, 0.05) is 19.7 Å². The van der Waals surface area contributed by atoms with Crippen molar-refractivity contribution in [3.8, 4) is 5.75 Å². The van der Waals surface area contributed by atoms with Gasteiger partial charge in [-0.3, -0.25) is 0 Å². The highest BCUT2D eigenvalue weighted by Gasteiger charge is 2.02. The van der Waals surface area contributed by atoms with Gasteiger partial charge < -0.3 is 20.5 Å². The van der Waals surface area contributed by atoms with Crippen molar-refractivity contribution in [2.75, 3.05) is 26.3 Å². The van der Waals surface area contributed by atoms with E-state index in [4.69, 9.17) is 9.84 Å². The number of phenolic OH excluding ortho intramolecular Hbond substituents is 1. The van der Waals surface area contributed by atoms with Crippen LogP contribution in [0, 0.1) is 5.82 Å². The zero-order valence-corrected chi connectivity index (χ0v) is 11.9. The topological polar surface area (TPSA) is 65.9 Å². The van der Waals surface area contributed by atoms with E-state index in [1.54, 1.807) is 6.07 Å². The van der Waals surface area contributed by atoms with E-state index in [2.05, 4.69) is 15.6 Å². The molecule has 0 unspecified atom stereocenters. The smallest absolute Gasteiger partial charge is 0.191 e. The van der Waals surface area contributed by atoms with E-state index in [1.807, 2.05) is 13.8 Å². The molecule has 20 heavy (non-hydrogen) atoms. The molecule has 112 valence electrons. The number of hydrogen-bond acceptors (Lipinski definition) is 3. The van der Waals surface area contributed by atoms with Gasteiger partial charge in [0.15, 0.2) is 17.5 Å². The Hall–Kier alpha value is -1.82. The van der Waals surface area contributed by atoms with Gasteiger partial charge in [0.1, 0.15) is 0 Å². The first-order valence-electron chi connectivity index (χ1n) is 6.74. The maximum absolute atomic E-state index is 13.2. The molecular weight excluding hydrogens is 261 g/mol. The summed E-state index contributed by atoms with van der Waals surface area (Å²) in [6.07, 6.45) is 0. The van der Waals surface area contributed by atoms with Crippen molar-refractivity contribution in [2.24, 2.45) is 4.99 Å². The standard InChI is InChI=1S/C14H22FN3O2/c1-3-16-14(17-7-8-20-4-2)18-10-11-5-6-13(19)12(15)9-11/h5-6,9,19H,3-4,7-8,10H2,1-2H3,(H2,16,17,18). The number of guanidine groups is 1. The van der Waals surface area contributed by atoms with Gasteiger partial charge in [0.25, 0.3) is 0 Å². The highest BCUT2D eigenvalue weighted by molar-refractivity contribution is 5.79. The first kappa shape index (κ1) is 16.2. The first-order valence-corrected chi connectivity index (χ1v) is 6.74. The van der Waals surface area contributed by atoms with Crippen LogP contribution >= 0.6 is 0 Å². The molecule has 1 rings (SSSR count). The summed E-state index contributed by atoms with van der Waals surface area (Å²) in [5.74, 6) is -0.327. The fraction of sp³-hybridized carbons (Fsp3) is 0.500. The number of halogens is 1. The molecule has 0 radical (unpaired) electrons. The minimum atomic E-state index is -0.632. The molecule has 0 saturated carbocycles. The van der Waals surface area contributed by atoms with Crippen LogP contribution in [0.3, 0.4) is 0 Å². The van der Waals surface area contributed by atoms with Crippen molar-refractivity contribution in [1.82, 2.24) is 10.6 Å². The first-order chi connectivity index (χ1) is 9.67. The Labute approximate surface area is 118 Å². The highest BCUT2D eigenvalue weighted by Crippen LogP contribution is 2.16.